The van der Waals surface area contributed by atoms with E-state index in [4.69, 9.17) is 10.8 Å². The molecule has 0 aliphatic carbocycles. The maximum absolute atomic E-state index is 12.5. The lowest BCUT2D eigenvalue weighted by Crippen LogP contribution is -1.99. The van der Waals surface area contributed by atoms with E-state index >= 15 is 0 Å². The number of aliphatic hydroxyl groups excluding tert-OH is 1. The predicted octanol–water partition coefficient (Wildman–Crippen LogP) is 1.42. The van der Waals surface area contributed by atoms with Gasteiger partial charge in [-0.1, -0.05) is 6.07 Å². The second-order valence-electron chi connectivity index (χ2n) is 2.26. The van der Waals surface area contributed by atoms with Crippen LogP contribution in [0.15, 0.2) is 18.2 Å². The summed E-state index contributed by atoms with van der Waals surface area (Å²) >= 11 is 0. The van der Waals surface area contributed by atoms with Crippen LogP contribution in [0.5, 0.6) is 0 Å². The average Bonchev–Trinajstić information content (AvgIpc) is 2.06. The summed E-state index contributed by atoms with van der Waals surface area (Å²) in [6.45, 7) is 2.03. The Kier molecular flexibility index (Phi) is 6.01. The molecular weight excluding hydrogens is 176 g/mol. The van der Waals surface area contributed by atoms with E-state index in [1.165, 1.54) is 12.1 Å². The molecule has 4 heteroatoms. The number of benzene rings is 1. The molecule has 0 atom stereocenters. The van der Waals surface area contributed by atoms with Crippen molar-refractivity contribution in [1.29, 1.82) is 0 Å². The van der Waals surface area contributed by atoms with Gasteiger partial charge in [0, 0.05) is 24.8 Å². The van der Waals surface area contributed by atoms with Crippen molar-refractivity contribution in [3.63, 3.8) is 0 Å². The first-order chi connectivity index (χ1) is 6.15. The van der Waals surface area contributed by atoms with Crippen LogP contribution < -0.4 is 5.73 Å². The molecule has 2 nitrogen and oxygen atoms in total. The molecule has 0 aromatic heterocycles. The first kappa shape index (κ1) is 12.0. The number of hydrogen-bond acceptors (Lipinski definition) is 2. The molecule has 0 bridgehead atoms. The minimum atomic E-state index is -0.581. The molecule has 0 fully saturated rings. The van der Waals surface area contributed by atoms with Gasteiger partial charge < -0.3 is 10.8 Å². The number of nitrogens with two attached hydrogens (primary N) is 1. The summed E-state index contributed by atoms with van der Waals surface area (Å²) in [5, 5.41) is 7.57. The molecule has 1 aromatic rings. The highest BCUT2D eigenvalue weighted by atomic mass is 19.1. The van der Waals surface area contributed by atoms with Crippen molar-refractivity contribution in [2.24, 2.45) is 5.73 Å². The van der Waals surface area contributed by atoms with E-state index in [1.807, 2.05) is 0 Å². The molecule has 0 spiro atoms. The van der Waals surface area contributed by atoms with Crippen molar-refractivity contribution >= 4 is 0 Å². The van der Waals surface area contributed by atoms with Gasteiger partial charge in [-0.25, -0.2) is 8.78 Å². The highest BCUT2D eigenvalue weighted by Gasteiger charge is 1.99. The standard InChI is InChI=1S/C7H7F2N.C2H6O/c8-6-2-1-5(4-10)7(9)3-6;1-2-3/h1-3H,4,10H2;3H,2H2,1H3. The SMILES string of the molecule is CCO.NCc1ccc(F)cc1F. The number of aliphatic hydroxyl groups is 1. The summed E-state index contributed by atoms with van der Waals surface area (Å²) < 4.78 is 24.7. The number of hydrogen-bond donors (Lipinski definition) is 2. The van der Waals surface area contributed by atoms with Gasteiger partial charge in [-0.2, -0.15) is 0 Å². The number of halogens is 2. The summed E-state index contributed by atoms with van der Waals surface area (Å²) in [6.07, 6.45) is 0. The quantitative estimate of drug-likeness (QED) is 0.701. The van der Waals surface area contributed by atoms with E-state index in [1.54, 1.807) is 6.92 Å². The van der Waals surface area contributed by atoms with E-state index in [2.05, 4.69) is 0 Å². The third kappa shape index (κ3) is 4.55. The Morgan fingerprint density at radius 1 is 1.38 bits per heavy atom. The van der Waals surface area contributed by atoms with Crippen molar-refractivity contribution in [1.82, 2.24) is 0 Å². The van der Waals surface area contributed by atoms with Gasteiger partial charge in [0.25, 0.3) is 0 Å². The average molecular weight is 189 g/mol. The molecule has 74 valence electrons. The Bertz CT molecular complexity index is 253. The zero-order valence-corrected chi connectivity index (χ0v) is 7.43. The normalized spacial score (nSPS) is 9.00. The van der Waals surface area contributed by atoms with E-state index in [0.717, 1.165) is 6.07 Å². The smallest absolute Gasteiger partial charge is 0.130 e. The van der Waals surface area contributed by atoms with Gasteiger partial charge in [0.05, 0.1) is 0 Å². The topological polar surface area (TPSA) is 46.2 Å². The Morgan fingerprint density at radius 2 is 1.92 bits per heavy atom. The lowest BCUT2D eigenvalue weighted by molar-refractivity contribution is 0.318. The second-order valence-corrected chi connectivity index (χ2v) is 2.26. The molecule has 0 saturated carbocycles. The summed E-state index contributed by atoms with van der Waals surface area (Å²) in [5.74, 6) is -1.16. The van der Waals surface area contributed by atoms with Crippen LogP contribution in [0.2, 0.25) is 0 Å². The Labute approximate surface area is 76.0 Å². The Balaban J connectivity index is 0.000000424. The van der Waals surface area contributed by atoms with Gasteiger partial charge in [0.1, 0.15) is 11.6 Å². The molecule has 1 rings (SSSR count). The van der Waals surface area contributed by atoms with E-state index < -0.39 is 11.6 Å². The van der Waals surface area contributed by atoms with Gasteiger partial charge in [-0.3, -0.25) is 0 Å². The van der Waals surface area contributed by atoms with Crippen molar-refractivity contribution in [3.8, 4) is 0 Å². The first-order valence-electron chi connectivity index (χ1n) is 3.90. The lowest BCUT2D eigenvalue weighted by Gasteiger charge is -1.96. The van der Waals surface area contributed by atoms with Crippen LogP contribution in [-0.2, 0) is 6.54 Å². The van der Waals surface area contributed by atoms with Crippen LogP contribution in [0.1, 0.15) is 12.5 Å². The van der Waals surface area contributed by atoms with Crippen molar-refractivity contribution in [3.05, 3.63) is 35.4 Å². The molecule has 1 aromatic carbocycles. The molecule has 0 aliphatic heterocycles. The molecule has 0 radical (unpaired) electrons. The summed E-state index contributed by atoms with van der Waals surface area (Å²) in [6, 6.07) is 3.35. The first-order valence-corrected chi connectivity index (χ1v) is 3.90. The molecule has 0 heterocycles. The van der Waals surface area contributed by atoms with Crippen LogP contribution in [0.3, 0.4) is 0 Å². The maximum Gasteiger partial charge on any atom is 0.130 e. The molecule has 0 unspecified atom stereocenters. The summed E-state index contributed by atoms with van der Waals surface area (Å²) in [5.41, 5.74) is 5.47. The highest BCUT2D eigenvalue weighted by molar-refractivity contribution is 5.17. The van der Waals surface area contributed by atoms with Gasteiger partial charge in [0.2, 0.25) is 0 Å². The van der Waals surface area contributed by atoms with Gasteiger partial charge in [-0.15, -0.1) is 0 Å². The van der Waals surface area contributed by atoms with Crippen molar-refractivity contribution < 1.29 is 13.9 Å². The zero-order chi connectivity index (χ0) is 10.3. The second kappa shape index (κ2) is 6.51. The largest absolute Gasteiger partial charge is 0.397 e. The molecular formula is C9H13F2NO. The molecule has 3 N–H and O–H groups in total. The maximum atomic E-state index is 12.5. The third-order valence-corrected chi connectivity index (χ3v) is 1.24. The van der Waals surface area contributed by atoms with Crippen LogP contribution in [0.25, 0.3) is 0 Å². The lowest BCUT2D eigenvalue weighted by atomic mass is 10.2. The third-order valence-electron chi connectivity index (χ3n) is 1.24. The van der Waals surface area contributed by atoms with Crippen LogP contribution >= 0.6 is 0 Å². The Morgan fingerprint density at radius 3 is 2.31 bits per heavy atom. The van der Waals surface area contributed by atoms with E-state index in [9.17, 15) is 8.78 Å². The zero-order valence-electron chi connectivity index (χ0n) is 7.43. The van der Waals surface area contributed by atoms with Crippen LogP contribution in [-0.4, -0.2) is 11.7 Å². The molecule has 13 heavy (non-hydrogen) atoms. The number of rotatable bonds is 1. The van der Waals surface area contributed by atoms with Crippen molar-refractivity contribution in [2.75, 3.05) is 6.61 Å². The van der Waals surface area contributed by atoms with Crippen LogP contribution in [0.4, 0.5) is 8.78 Å². The predicted molar refractivity (Wildman–Crippen MR) is 47.0 cm³/mol. The van der Waals surface area contributed by atoms with Gasteiger partial charge >= 0.3 is 0 Å². The van der Waals surface area contributed by atoms with Crippen molar-refractivity contribution in [2.45, 2.75) is 13.5 Å². The van der Waals surface area contributed by atoms with E-state index in [0.29, 0.717) is 5.56 Å². The fourth-order valence-electron chi connectivity index (χ4n) is 0.687. The highest BCUT2D eigenvalue weighted by Crippen LogP contribution is 2.07. The summed E-state index contributed by atoms with van der Waals surface area (Å²) in [4.78, 5) is 0. The monoisotopic (exact) mass is 189 g/mol. The Hall–Kier alpha value is -1.00. The fraction of sp³-hybridized carbons (Fsp3) is 0.333. The minimum absolute atomic E-state index is 0.103. The van der Waals surface area contributed by atoms with Crippen LogP contribution in [0, 0.1) is 11.6 Å². The molecule has 0 aliphatic rings. The molecule has 0 saturated heterocycles. The molecule has 0 amide bonds. The minimum Gasteiger partial charge on any atom is -0.397 e. The fourth-order valence-corrected chi connectivity index (χ4v) is 0.687. The van der Waals surface area contributed by atoms with Gasteiger partial charge in [-0.05, 0) is 13.0 Å². The van der Waals surface area contributed by atoms with Gasteiger partial charge in [0.15, 0.2) is 0 Å². The summed E-state index contributed by atoms with van der Waals surface area (Å²) in [7, 11) is 0. The van der Waals surface area contributed by atoms with E-state index in [-0.39, 0.29) is 13.2 Å².